The van der Waals surface area contributed by atoms with Crippen LogP contribution in [0, 0.1) is 0 Å². The lowest BCUT2D eigenvalue weighted by Crippen LogP contribution is -2.25. The Kier molecular flexibility index (Phi) is 3.01. The molecule has 4 heteroatoms. The molecule has 1 atom stereocenters. The van der Waals surface area contributed by atoms with Crippen LogP contribution in [-0.4, -0.2) is 5.50 Å². The topological polar surface area (TPSA) is 38.0 Å². The predicted octanol–water partition coefficient (Wildman–Crippen LogP) is 2.30. The third-order valence-electron chi connectivity index (χ3n) is 1.95. The van der Waals surface area contributed by atoms with E-state index in [1.807, 2.05) is 24.4 Å². The number of rotatable bonds is 2. The van der Waals surface area contributed by atoms with E-state index >= 15 is 0 Å². The van der Waals surface area contributed by atoms with Gasteiger partial charge in [0, 0.05) is 22.5 Å². The van der Waals surface area contributed by atoms with E-state index in [2.05, 4.69) is 11.4 Å². The summed E-state index contributed by atoms with van der Waals surface area (Å²) < 4.78 is 0. The van der Waals surface area contributed by atoms with E-state index in [1.165, 1.54) is 10.5 Å². The number of thioether (sulfide) groups is 1. The molecule has 1 unspecified atom stereocenters. The number of benzene rings is 1. The maximum Gasteiger partial charge on any atom is 0.127 e. The quantitative estimate of drug-likeness (QED) is 0.813. The third kappa shape index (κ3) is 2.44. The van der Waals surface area contributed by atoms with Gasteiger partial charge in [-0.2, -0.15) is 0 Å². The molecule has 74 valence electrons. The zero-order valence-electron chi connectivity index (χ0n) is 7.53. The van der Waals surface area contributed by atoms with Crippen molar-refractivity contribution in [2.45, 2.75) is 11.9 Å². The van der Waals surface area contributed by atoms with Gasteiger partial charge in [-0.3, -0.25) is 0 Å². The molecule has 0 spiro atoms. The van der Waals surface area contributed by atoms with E-state index in [0.717, 1.165) is 11.4 Å². The van der Waals surface area contributed by atoms with Gasteiger partial charge in [-0.25, -0.2) is 0 Å². The Balaban J connectivity index is 2.04. The van der Waals surface area contributed by atoms with Crippen molar-refractivity contribution in [1.82, 2.24) is 5.32 Å². The molecule has 1 aliphatic heterocycles. The highest BCUT2D eigenvalue weighted by Crippen LogP contribution is 2.26. The number of nitrogens with one attached hydrogen (secondary N) is 1. The summed E-state index contributed by atoms with van der Waals surface area (Å²) in [5, 5.41) is 3.83. The molecule has 0 bridgehead atoms. The summed E-state index contributed by atoms with van der Waals surface area (Å²) in [4.78, 5) is 1.25. The molecule has 0 aliphatic carbocycles. The van der Waals surface area contributed by atoms with Crippen LogP contribution in [-0.2, 0) is 6.42 Å². The largest absolute Gasteiger partial charge is 0.367 e. The van der Waals surface area contributed by atoms with Crippen LogP contribution in [0.2, 0.25) is 5.02 Å². The zero-order valence-corrected chi connectivity index (χ0v) is 9.11. The monoisotopic (exact) mass is 226 g/mol. The highest BCUT2D eigenvalue weighted by Gasteiger charge is 2.12. The number of hydrogen-bond acceptors (Lipinski definition) is 3. The number of nitrogens with two attached hydrogens (primary N) is 1. The second-order valence-corrected chi connectivity index (χ2v) is 4.83. The molecule has 0 fully saturated rings. The van der Waals surface area contributed by atoms with E-state index in [9.17, 15) is 0 Å². The van der Waals surface area contributed by atoms with Crippen molar-refractivity contribution >= 4 is 23.4 Å². The fourth-order valence-electron chi connectivity index (χ4n) is 1.35. The molecule has 3 N–H and O–H groups in total. The maximum atomic E-state index is 5.89. The molecule has 14 heavy (non-hydrogen) atoms. The van der Waals surface area contributed by atoms with Crippen molar-refractivity contribution < 1.29 is 0 Å². The minimum atomic E-state index is 0.00387. The molecule has 0 saturated heterocycles. The number of hydrogen-bond donors (Lipinski definition) is 2. The Morgan fingerprint density at radius 3 is 3.00 bits per heavy atom. The van der Waals surface area contributed by atoms with Gasteiger partial charge in [-0.15, -0.1) is 0 Å². The highest BCUT2D eigenvalue weighted by molar-refractivity contribution is 8.03. The van der Waals surface area contributed by atoms with Gasteiger partial charge in [0.25, 0.3) is 0 Å². The fraction of sp³-hybridized carbons (Fsp3) is 0.200. The number of allylic oxidation sites excluding steroid dienone is 1. The molecular weight excluding hydrogens is 216 g/mol. The van der Waals surface area contributed by atoms with Gasteiger partial charge in [0.1, 0.15) is 5.50 Å². The minimum Gasteiger partial charge on any atom is -0.367 e. The van der Waals surface area contributed by atoms with Crippen LogP contribution in [0.25, 0.3) is 0 Å². The van der Waals surface area contributed by atoms with Crippen LogP contribution in [0.4, 0.5) is 0 Å². The fourth-order valence-corrected chi connectivity index (χ4v) is 2.41. The van der Waals surface area contributed by atoms with Crippen LogP contribution in [0.1, 0.15) is 5.56 Å². The Bertz CT molecular complexity index is 365. The van der Waals surface area contributed by atoms with Gasteiger partial charge in [0.05, 0.1) is 0 Å². The molecule has 1 aromatic carbocycles. The van der Waals surface area contributed by atoms with Crippen LogP contribution >= 0.6 is 23.4 Å². The van der Waals surface area contributed by atoms with Crippen molar-refractivity contribution in [3.8, 4) is 0 Å². The summed E-state index contributed by atoms with van der Waals surface area (Å²) in [6.07, 6.45) is 2.86. The van der Waals surface area contributed by atoms with Crippen molar-refractivity contribution in [3.63, 3.8) is 0 Å². The van der Waals surface area contributed by atoms with Crippen molar-refractivity contribution in [3.05, 3.63) is 46.0 Å². The molecule has 0 saturated carbocycles. The van der Waals surface area contributed by atoms with Crippen LogP contribution < -0.4 is 11.1 Å². The van der Waals surface area contributed by atoms with Gasteiger partial charge in [0.2, 0.25) is 0 Å². The first kappa shape index (κ1) is 9.90. The van der Waals surface area contributed by atoms with Crippen molar-refractivity contribution in [2.24, 2.45) is 5.73 Å². The molecular formula is C10H11ClN2S. The van der Waals surface area contributed by atoms with Gasteiger partial charge < -0.3 is 11.1 Å². The van der Waals surface area contributed by atoms with Crippen LogP contribution in [0.3, 0.4) is 0 Å². The van der Waals surface area contributed by atoms with E-state index in [0.29, 0.717) is 0 Å². The van der Waals surface area contributed by atoms with E-state index < -0.39 is 0 Å². The summed E-state index contributed by atoms with van der Waals surface area (Å²) in [6, 6.07) is 7.89. The lowest BCUT2D eigenvalue weighted by Gasteiger charge is -2.03. The van der Waals surface area contributed by atoms with Crippen LogP contribution in [0.15, 0.2) is 35.4 Å². The first-order valence-corrected chi connectivity index (χ1v) is 5.61. The molecule has 1 heterocycles. The van der Waals surface area contributed by atoms with Gasteiger partial charge >= 0.3 is 0 Å². The Morgan fingerprint density at radius 2 is 2.36 bits per heavy atom. The predicted molar refractivity (Wildman–Crippen MR) is 61.9 cm³/mol. The second-order valence-electron chi connectivity index (χ2n) is 3.12. The lowest BCUT2D eigenvalue weighted by atomic mass is 10.1. The van der Waals surface area contributed by atoms with Gasteiger partial charge in [-0.1, -0.05) is 35.5 Å². The van der Waals surface area contributed by atoms with E-state index in [-0.39, 0.29) is 5.50 Å². The zero-order chi connectivity index (χ0) is 9.97. The summed E-state index contributed by atoms with van der Waals surface area (Å²) in [5.74, 6) is 0. The molecule has 0 aromatic heterocycles. The third-order valence-corrected chi connectivity index (χ3v) is 3.14. The Hall–Kier alpha value is -0.640. The van der Waals surface area contributed by atoms with Gasteiger partial charge in [-0.05, 0) is 17.7 Å². The van der Waals surface area contributed by atoms with Crippen molar-refractivity contribution in [1.29, 1.82) is 0 Å². The Morgan fingerprint density at radius 1 is 1.50 bits per heavy atom. The standard InChI is InChI=1S/C10H11ClN2S/c11-8-3-1-2-7(4-8)5-9-6-13-10(12)14-9/h1-4,6,10,13H,5,12H2. The Labute approximate surface area is 92.5 Å². The first-order valence-electron chi connectivity index (χ1n) is 4.36. The molecule has 0 radical (unpaired) electrons. The maximum absolute atomic E-state index is 5.89. The smallest absolute Gasteiger partial charge is 0.127 e. The average molecular weight is 227 g/mol. The molecule has 1 aliphatic rings. The summed E-state index contributed by atoms with van der Waals surface area (Å²) >= 11 is 7.54. The average Bonchev–Trinajstić information content (AvgIpc) is 2.51. The lowest BCUT2D eigenvalue weighted by molar-refractivity contribution is 0.836. The van der Waals surface area contributed by atoms with Crippen LogP contribution in [0.5, 0.6) is 0 Å². The SMILES string of the molecule is NC1NC=C(Cc2cccc(Cl)c2)S1. The van der Waals surface area contributed by atoms with E-state index in [4.69, 9.17) is 17.3 Å². The first-order chi connectivity index (χ1) is 6.74. The van der Waals surface area contributed by atoms with Gasteiger partial charge in [0.15, 0.2) is 0 Å². The van der Waals surface area contributed by atoms with E-state index in [1.54, 1.807) is 11.8 Å². The molecule has 0 amide bonds. The molecule has 2 rings (SSSR count). The van der Waals surface area contributed by atoms with Crippen molar-refractivity contribution in [2.75, 3.05) is 0 Å². The molecule has 1 aromatic rings. The highest BCUT2D eigenvalue weighted by atomic mass is 35.5. The second kappa shape index (κ2) is 4.26. The molecule has 2 nitrogen and oxygen atoms in total. The summed E-state index contributed by atoms with van der Waals surface area (Å²) in [5.41, 5.74) is 6.90. The minimum absolute atomic E-state index is 0.00387. The normalized spacial score (nSPS) is 20.4. The summed E-state index contributed by atoms with van der Waals surface area (Å²) in [7, 11) is 0. The number of halogens is 1. The summed E-state index contributed by atoms with van der Waals surface area (Å²) in [6.45, 7) is 0.